The van der Waals surface area contributed by atoms with Crippen LogP contribution in [0.25, 0.3) is 11.3 Å². The van der Waals surface area contributed by atoms with E-state index >= 15 is 0 Å². The molecule has 3 aromatic rings. The fourth-order valence-corrected chi connectivity index (χ4v) is 5.41. The Hall–Kier alpha value is -4.03. The Kier molecular flexibility index (Phi) is 6.52. The second kappa shape index (κ2) is 9.79. The molecule has 0 bridgehead atoms. The standard InChI is InChI=1S/C27H25ClFN5O3/c1-3-5-20(35)34-12-9-27(10-13-34)15-31-26(36)21-23(32-19-7-4-6-17(28)24(19)37-2)22(33-25(21)27)16-8-11-30-14-18(16)29/h4,6-8,11,14,32-33H,9-10,12-13,15H2,1-2H3,(H,31,36). The number of H-pyrrole nitrogens is 1. The highest BCUT2D eigenvalue weighted by molar-refractivity contribution is 6.32. The number of methoxy groups -OCH3 is 1. The minimum Gasteiger partial charge on any atom is -0.493 e. The molecule has 1 saturated heterocycles. The highest BCUT2D eigenvalue weighted by atomic mass is 35.5. The lowest BCUT2D eigenvalue weighted by Gasteiger charge is -2.43. The van der Waals surface area contributed by atoms with Crippen LogP contribution in [0.2, 0.25) is 5.02 Å². The van der Waals surface area contributed by atoms with Gasteiger partial charge >= 0.3 is 0 Å². The fourth-order valence-electron chi connectivity index (χ4n) is 5.16. The summed E-state index contributed by atoms with van der Waals surface area (Å²) in [5.74, 6) is 4.63. The number of likely N-dealkylation sites (tertiary alicyclic amines) is 1. The molecular weight excluding hydrogens is 497 g/mol. The van der Waals surface area contributed by atoms with Crippen LogP contribution in [0.3, 0.4) is 0 Å². The van der Waals surface area contributed by atoms with Crippen LogP contribution in [0, 0.1) is 17.7 Å². The number of pyridine rings is 1. The summed E-state index contributed by atoms with van der Waals surface area (Å²) in [7, 11) is 1.50. The van der Waals surface area contributed by atoms with Gasteiger partial charge in [-0.25, -0.2) is 4.39 Å². The van der Waals surface area contributed by atoms with E-state index in [-0.39, 0.29) is 17.4 Å². The minimum absolute atomic E-state index is 0.209. The maximum absolute atomic E-state index is 15.0. The van der Waals surface area contributed by atoms with Gasteiger partial charge in [0.05, 0.1) is 41.0 Å². The number of aromatic amines is 1. The van der Waals surface area contributed by atoms with Crippen molar-refractivity contribution in [3.05, 3.63) is 58.8 Å². The number of halogens is 2. The summed E-state index contributed by atoms with van der Waals surface area (Å²) in [6, 6.07) is 6.78. The van der Waals surface area contributed by atoms with Crippen LogP contribution >= 0.6 is 11.6 Å². The van der Waals surface area contributed by atoms with Crippen molar-refractivity contribution in [3.8, 4) is 28.8 Å². The third kappa shape index (κ3) is 4.27. The monoisotopic (exact) mass is 521 g/mol. The van der Waals surface area contributed by atoms with E-state index in [1.54, 1.807) is 36.1 Å². The lowest BCUT2D eigenvalue weighted by molar-refractivity contribution is -0.126. The molecule has 1 aromatic carbocycles. The number of carbonyl (C=O) groups excluding carboxylic acids is 2. The first-order chi connectivity index (χ1) is 17.9. The van der Waals surface area contributed by atoms with E-state index in [4.69, 9.17) is 16.3 Å². The largest absolute Gasteiger partial charge is 0.493 e. The van der Waals surface area contributed by atoms with Crippen molar-refractivity contribution in [2.45, 2.75) is 25.2 Å². The number of hydrogen-bond donors (Lipinski definition) is 3. The van der Waals surface area contributed by atoms with Gasteiger partial charge in [-0.05, 0) is 43.9 Å². The number of para-hydroxylation sites is 1. The summed E-state index contributed by atoms with van der Waals surface area (Å²) in [6.07, 6.45) is 3.84. The molecule has 10 heteroatoms. The Balaban J connectivity index is 1.65. The average Bonchev–Trinajstić information content (AvgIpc) is 3.28. The molecule has 4 heterocycles. The number of benzene rings is 1. The lowest BCUT2D eigenvalue weighted by atomic mass is 9.72. The van der Waals surface area contributed by atoms with Crippen molar-refractivity contribution >= 4 is 34.8 Å². The van der Waals surface area contributed by atoms with Gasteiger partial charge in [0.2, 0.25) is 0 Å². The number of carbonyl (C=O) groups is 2. The number of anilines is 2. The number of aromatic nitrogens is 2. The maximum atomic E-state index is 15.0. The third-order valence-corrected chi connectivity index (χ3v) is 7.35. The fraction of sp³-hybridized carbons (Fsp3) is 0.296. The molecule has 5 rings (SSSR count). The lowest BCUT2D eigenvalue weighted by Crippen LogP contribution is -2.53. The Bertz CT molecular complexity index is 1450. The van der Waals surface area contributed by atoms with Crippen LogP contribution in [0.5, 0.6) is 5.75 Å². The van der Waals surface area contributed by atoms with Crippen molar-refractivity contribution in [1.82, 2.24) is 20.2 Å². The summed E-state index contributed by atoms with van der Waals surface area (Å²) in [5, 5.41) is 6.70. The number of nitrogens with one attached hydrogen (secondary N) is 3. The van der Waals surface area contributed by atoms with E-state index in [2.05, 4.69) is 32.4 Å². The highest BCUT2D eigenvalue weighted by Crippen LogP contribution is 2.47. The molecule has 2 aromatic heterocycles. The zero-order valence-corrected chi connectivity index (χ0v) is 21.1. The van der Waals surface area contributed by atoms with E-state index in [9.17, 15) is 14.0 Å². The number of nitrogens with zero attached hydrogens (tertiary/aromatic N) is 2. The molecule has 0 saturated carbocycles. The summed E-state index contributed by atoms with van der Waals surface area (Å²) < 4.78 is 20.5. The van der Waals surface area contributed by atoms with Crippen LogP contribution in [0.4, 0.5) is 15.8 Å². The summed E-state index contributed by atoms with van der Waals surface area (Å²) in [4.78, 5) is 34.6. The molecule has 37 heavy (non-hydrogen) atoms. The number of fused-ring (bicyclic) bond motifs is 2. The van der Waals surface area contributed by atoms with Gasteiger partial charge in [-0.15, -0.1) is 0 Å². The predicted octanol–water partition coefficient (Wildman–Crippen LogP) is 4.25. The summed E-state index contributed by atoms with van der Waals surface area (Å²) >= 11 is 6.34. The van der Waals surface area contributed by atoms with E-state index in [0.29, 0.717) is 71.6 Å². The van der Waals surface area contributed by atoms with E-state index in [1.165, 1.54) is 13.3 Å². The Morgan fingerprint density at radius 1 is 1.30 bits per heavy atom. The number of amides is 2. The molecule has 8 nitrogen and oxygen atoms in total. The Morgan fingerprint density at radius 2 is 2.08 bits per heavy atom. The maximum Gasteiger partial charge on any atom is 0.298 e. The number of hydrogen-bond acceptors (Lipinski definition) is 5. The molecule has 1 fully saturated rings. The van der Waals surface area contributed by atoms with E-state index < -0.39 is 11.2 Å². The van der Waals surface area contributed by atoms with Gasteiger partial charge in [-0.1, -0.05) is 23.6 Å². The van der Waals surface area contributed by atoms with Crippen molar-refractivity contribution in [1.29, 1.82) is 0 Å². The van der Waals surface area contributed by atoms with Gasteiger partial charge in [-0.2, -0.15) is 0 Å². The first-order valence-electron chi connectivity index (χ1n) is 11.8. The van der Waals surface area contributed by atoms with Crippen molar-refractivity contribution in [2.24, 2.45) is 0 Å². The van der Waals surface area contributed by atoms with Gasteiger partial charge < -0.3 is 25.3 Å². The van der Waals surface area contributed by atoms with Crippen LogP contribution in [-0.2, 0) is 10.2 Å². The molecule has 2 aliphatic rings. The molecule has 0 radical (unpaired) electrons. The normalized spacial score (nSPS) is 15.9. The van der Waals surface area contributed by atoms with E-state index in [1.807, 2.05) is 0 Å². The van der Waals surface area contributed by atoms with Crippen molar-refractivity contribution in [3.63, 3.8) is 0 Å². The predicted molar refractivity (Wildman–Crippen MR) is 139 cm³/mol. The molecule has 1 spiro atoms. The summed E-state index contributed by atoms with van der Waals surface area (Å²) in [6.45, 7) is 3.02. The second-order valence-corrected chi connectivity index (χ2v) is 9.46. The third-order valence-electron chi connectivity index (χ3n) is 7.06. The van der Waals surface area contributed by atoms with Crippen molar-refractivity contribution in [2.75, 3.05) is 32.1 Å². The Labute approximate surface area is 218 Å². The van der Waals surface area contributed by atoms with E-state index in [0.717, 1.165) is 6.20 Å². The zero-order valence-electron chi connectivity index (χ0n) is 20.4. The molecular formula is C27H25ClFN5O3. The SMILES string of the molecule is CC#CC(=O)N1CCC2(CC1)CNC(=O)c1c2[nH]c(-c2ccncc2F)c1Nc1cccc(Cl)c1OC. The minimum atomic E-state index is -0.532. The highest BCUT2D eigenvalue weighted by Gasteiger charge is 2.46. The van der Waals surface area contributed by atoms with Gasteiger partial charge in [-0.3, -0.25) is 14.6 Å². The smallest absolute Gasteiger partial charge is 0.298 e. The summed E-state index contributed by atoms with van der Waals surface area (Å²) in [5.41, 5.74) is 2.26. The van der Waals surface area contributed by atoms with Gasteiger partial charge in [0, 0.05) is 42.5 Å². The van der Waals surface area contributed by atoms with Gasteiger partial charge in [0.15, 0.2) is 11.6 Å². The van der Waals surface area contributed by atoms with Gasteiger partial charge in [0.1, 0.15) is 0 Å². The van der Waals surface area contributed by atoms with Gasteiger partial charge in [0.25, 0.3) is 11.8 Å². The number of ether oxygens (including phenoxy) is 1. The van der Waals surface area contributed by atoms with Crippen LogP contribution in [-0.4, -0.2) is 53.4 Å². The number of piperidine rings is 1. The topological polar surface area (TPSA) is 99.4 Å². The Morgan fingerprint density at radius 3 is 2.78 bits per heavy atom. The molecule has 190 valence electrons. The molecule has 3 N–H and O–H groups in total. The first-order valence-corrected chi connectivity index (χ1v) is 12.2. The van der Waals surface area contributed by atoms with Crippen LogP contribution < -0.4 is 15.4 Å². The quantitative estimate of drug-likeness (QED) is 0.446. The van der Waals surface area contributed by atoms with Crippen LogP contribution in [0.15, 0.2) is 36.7 Å². The zero-order chi connectivity index (χ0) is 26.2. The average molecular weight is 522 g/mol. The van der Waals surface area contributed by atoms with Crippen molar-refractivity contribution < 1.29 is 18.7 Å². The molecule has 0 atom stereocenters. The molecule has 0 unspecified atom stereocenters. The molecule has 2 amide bonds. The second-order valence-electron chi connectivity index (χ2n) is 9.06. The number of rotatable bonds is 4. The molecule has 0 aliphatic carbocycles. The first kappa shape index (κ1) is 24.7. The molecule has 2 aliphatic heterocycles. The van der Waals surface area contributed by atoms with Crippen LogP contribution in [0.1, 0.15) is 35.8 Å².